The van der Waals surface area contributed by atoms with Crippen molar-refractivity contribution in [2.45, 2.75) is 6.04 Å². The summed E-state index contributed by atoms with van der Waals surface area (Å²) in [5.74, 6) is 0.886. The number of nitrogens with two attached hydrogens (primary N) is 2. The molecule has 7 nitrogen and oxygen atoms in total. The summed E-state index contributed by atoms with van der Waals surface area (Å²) in [5.41, 5.74) is 11.8. The van der Waals surface area contributed by atoms with Crippen molar-refractivity contribution < 1.29 is 14.3 Å². The molecule has 0 saturated carbocycles. The fourth-order valence-corrected chi connectivity index (χ4v) is 3.07. The SMILES string of the molecule is NC(=O)C1C[N+](C(N)=O)(c2ccc(Oc3ccccc3)cc2)CCN1. The predicted octanol–water partition coefficient (Wildman–Crippen LogP) is 1.32. The summed E-state index contributed by atoms with van der Waals surface area (Å²) in [6.45, 7) is 1.13. The lowest BCUT2D eigenvalue weighted by atomic mass is 10.1. The van der Waals surface area contributed by atoms with Crippen LogP contribution in [0.2, 0.25) is 0 Å². The van der Waals surface area contributed by atoms with Crippen LogP contribution in [0.3, 0.4) is 0 Å². The highest BCUT2D eigenvalue weighted by molar-refractivity contribution is 5.88. The number of nitrogens with one attached hydrogen (secondary N) is 1. The molecule has 2 aromatic rings. The van der Waals surface area contributed by atoms with Crippen LogP contribution in [0.5, 0.6) is 11.5 Å². The number of quaternary nitrogens is 1. The Kier molecular flexibility index (Phi) is 4.69. The van der Waals surface area contributed by atoms with E-state index in [2.05, 4.69) is 5.32 Å². The van der Waals surface area contributed by atoms with Crippen LogP contribution in [0.25, 0.3) is 0 Å². The standard InChI is InChI=1S/C18H20N4O3/c19-17(23)16-12-22(18(20)24,11-10-21-16)13-6-8-15(9-7-13)25-14-4-2-1-3-5-14/h1-9,16,21H,10-12H2,(H3-,19,20,23,24)/p+1. The third-order valence-corrected chi connectivity index (χ3v) is 4.45. The molecule has 0 spiro atoms. The summed E-state index contributed by atoms with van der Waals surface area (Å²) >= 11 is 0. The van der Waals surface area contributed by atoms with Gasteiger partial charge in [0.15, 0.2) is 0 Å². The monoisotopic (exact) mass is 341 g/mol. The Morgan fingerprint density at radius 2 is 1.64 bits per heavy atom. The molecule has 1 heterocycles. The number of hydrogen-bond donors (Lipinski definition) is 3. The summed E-state index contributed by atoms with van der Waals surface area (Å²) in [6.07, 6.45) is 0. The Balaban J connectivity index is 1.85. The van der Waals surface area contributed by atoms with Crippen LogP contribution < -0.4 is 26.0 Å². The van der Waals surface area contributed by atoms with Gasteiger partial charge >= 0.3 is 6.03 Å². The highest BCUT2D eigenvalue weighted by Gasteiger charge is 2.44. The molecule has 1 aliphatic heterocycles. The van der Waals surface area contributed by atoms with E-state index in [0.717, 1.165) is 5.75 Å². The van der Waals surface area contributed by atoms with Crippen LogP contribution in [0.4, 0.5) is 10.5 Å². The van der Waals surface area contributed by atoms with E-state index in [0.29, 0.717) is 24.5 Å². The first-order valence-corrected chi connectivity index (χ1v) is 8.04. The maximum atomic E-state index is 12.2. The number of nitrogens with zero attached hydrogens (tertiary/aromatic N) is 1. The van der Waals surface area contributed by atoms with Crippen molar-refractivity contribution in [3.05, 3.63) is 54.6 Å². The number of ether oxygens (including phenoxy) is 1. The maximum absolute atomic E-state index is 12.2. The molecule has 1 fully saturated rings. The minimum Gasteiger partial charge on any atom is -0.457 e. The van der Waals surface area contributed by atoms with Crippen LogP contribution in [-0.4, -0.2) is 37.6 Å². The molecule has 0 radical (unpaired) electrons. The van der Waals surface area contributed by atoms with Crippen LogP contribution in [0.15, 0.2) is 54.6 Å². The number of piperazine rings is 1. The van der Waals surface area contributed by atoms with Crippen LogP contribution >= 0.6 is 0 Å². The number of rotatable bonds is 4. The lowest BCUT2D eigenvalue weighted by Gasteiger charge is -2.39. The number of carbonyl (C=O) groups is 2. The van der Waals surface area contributed by atoms with Crippen molar-refractivity contribution in [3.8, 4) is 11.5 Å². The second kappa shape index (κ2) is 6.92. The lowest BCUT2D eigenvalue weighted by molar-refractivity contribution is -0.120. The molecule has 2 unspecified atom stereocenters. The molecular formula is C18H21N4O3+. The highest BCUT2D eigenvalue weighted by atomic mass is 16.5. The zero-order valence-corrected chi connectivity index (χ0v) is 13.7. The van der Waals surface area contributed by atoms with E-state index in [1.165, 1.54) is 0 Å². The second-order valence-electron chi connectivity index (χ2n) is 6.03. The van der Waals surface area contributed by atoms with Gasteiger partial charge in [-0.3, -0.25) is 10.1 Å². The number of hydrogen-bond acceptors (Lipinski definition) is 4. The number of benzene rings is 2. The molecule has 0 aromatic heterocycles. The third-order valence-electron chi connectivity index (χ3n) is 4.45. The molecule has 1 saturated heterocycles. The molecule has 5 N–H and O–H groups in total. The Morgan fingerprint density at radius 3 is 2.24 bits per heavy atom. The number of para-hydroxylation sites is 1. The molecule has 3 amide bonds. The van der Waals surface area contributed by atoms with Gasteiger partial charge in [0.25, 0.3) is 0 Å². The van der Waals surface area contributed by atoms with Gasteiger partial charge in [0.2, 0.25) is 5.91 Å². The van der Waals surface area contributed by atoms with Gasteiger partial charge < -0.3 is 16.2 Å². The molecule has 25 heavy (non-hydrogen) atoms. The van der Waals surface area contributed by atoms with Gasteiger partial charge in [-0.15, -0.1) is 0 Å². The zero-order valence-electron chi connectivity index (χ0n) is 13.7. The summed E-state index contributed by atoms with van der Waals surface area (Å²) in [5, 5.41) is 3.02. The van der Waals surface area contributed by atoms with Gasteiger partial charge in [-0.25, -0.2) is 9.28 Å². The van der Waals surface area contributed by atoms with Gasteiger partial charge in [0.1, 0.15) is 36.3 Å². The van der Waals surface area contributed by atoms with Gasteiger partial charge in [0.05, 0.1) is 0 Å². The maximum Gasteiger partial charge on any atom is 0.419 e. The second-order valence-corrected chi connectivity index (χ2v) is 6.03. The van der Waals surface area contributed by atoms with Gasteiger partial charge in [0, 0.05) is 18.7 Å². The van der Waals surface area contributed by atoms with Gasteiger partial charge in [-0.05, 0) is 24.3 Å². The average molecular weight is 341 g/mol. The van der Waals surface area contributed by atoms with Crippen molar-refractivity contribution in [1.29, 1.82) is 0 Å². The summed E-state index contributed by atoms with van der Waals surface area (Å²) in [6, 6.07) is 15.5. The largest absolute Gasteiger partial charge is 0.457 e. The highest BCUT2D eigenvalue weighted by Crippen LogP contribution is 2.29. The molecule has 2 aromatic carbocycles. The Morgan fingerprint density at radius 1 is 1.00 bits per heavy atom. The zero-order chi connectivity index (χ0) is 17.9. The van der Waals surface area contributed by atoms with Crippen LogP contribution in [-0.2, 0) is 4.79 Å². The van der Waals surface area contributed by atoms with E-state index in [1.54, 1.807) is 24.3 Å². The number of carbonyl (C=O) groups excluding carboxylic acids is 2. The van der Waals surface area contributed by atoms with E-state index < -0.39 is 18.0 Å². The van der Waals surface area contributed by atoms with Gasteiger partial charge in [-0.2, -0.15) is 0 Å². The Bertz CT molecular complexity index is 764. The Labute approximate surface area is 145 Å². The van der Waals surface area contributed by atoms with E-state index in [1.807, 2.05) is 30.3 Å². The summed E-state index contributed by atoms with van der Waals surface area (Å²) < 4.78 is 5.65. The van der Waals surface area contributed by atoms with E-state index in [4.69, 9.17) is 16.2 Å². The number of urea groups is 1. The Hall–Kier alpha value is -2.90. The topological polar surface area (TPSA) is 107 Å². The smallest absolute Gasteiger partial charge is 0.419 e. The van der Waals surface area contributed by atoms with E-state index >= 15 is 0 Å². The van der Waals surface area contributed by atoms with Crippen LogP contribution in [0.1, 0.15) is 0 Å². The average Bonchev–Trinajstić information content (AvgIpc) is 2.63. The molecule has 0 bridgehead atoms. The van der Waals surface area contributed by atoms with Crippen molar-refractivity contribution in [3.63, 3.8) is 0 Å². The van der Waals surface area contributed by atoms with Crippen molar-refractivity contribution in [2.75, 3.05) is 19.6 Å². The fourth-order valence-electron chi connectivity index (χ4n) is 3.07. The first-order chi connectivity index (χ1) is 12.0. The molecule has 1 aliphatic rings. The molecule has 3 rings (SSSR count). The normalized spacial score (nSPS) is 23.0. The summed E-state index contributed by atoms with van der Waals surface area (Å²) in [4.78, 5) is 23.7. The first kappa shape index (κ1) is 16.9. The molecule has 130 valence electrons. The summed E-state index contributed by atoms with van der Waals surface area (Å²) in [7, 11) is 0. The molecule has 7 heteroatoms. The fraction of sp³-hybridized carbons (Fsp3) is 0.222. The minimum atomic E-state index is -0.596. The quantitative estimate of drug-likeness (QED) is 0.729. The van der Waals surface area contributed by atoms with Crippen LogP contribution in [0, 0.1) is 0 Å². The minimum absolute atomic E-state index is 0.119. The van der Waals surface area contributed by atoms with E-state index in [9.17, 15) is 9.59 Å². The lowest BCUT2D eigenvalue weighted by Crippen LogP contribution is -2.70. The number of amides is 3. The van der Waals surface area contributed by atoms with E-state index in [-0.39, 0.29) is 11.0 Å². The van der Waals surface area contributed by atoms with Crippen molar-refractivity contribution >= 4 is 17.6 Å². The van der Waals surface area contributed by atoms with Crippen molar-refractivity contribution in [2.24, 2.45) is 11.5 Å². The van der Waals surface area contributed by atoms with Crippen molar-refractivity contribution in [1.82, 2.24) is 9.80 Å². The molecule has 2 atom stereocenters. The third kappa shape index (κ3) is 3.47. The molecular weight excluding hydrogens is 320 g/mol. The first-order valence-electron chi connectivity index (χ1n) is 8.04. The molecule has 0 aliphatic carbocycles. The van der Waals surface area contributed by atoms with Gasteiger partial charge in [-0.1, -0.05) is 18.2 Å². The predicted molar refractivity (Wildman–Crippen MR) is 95.1 cm³/mol. The number of primary amides is 2.